The first-order valence-corrected chi connectivity index (χ1v) is 9.39. The Kier molecular flexibility index (Phi) is 3.75. The van der Waals surface area contributed by atoms with Gasteiger partial charge in [0.25, 0.3) is 5.56 Å². The fraction of sp³-hybridized carbons (Fsp3) is 0.182. The molecule has 7 heteroatoms. The van der Waals surface area contributed by atoms with Gasteiger partial charge in [0.1, 0.15) is 5.52 Å². The van der Waals surface area contributed by atoms with Crippen molar-refractivity contribution in [3.8, 4) is 17.2 Å². The van der Waals surface area contributed by atoms with E-state index in [1.165, 1.54) is 4.57 Å². The lowest BCUT2D eigenvalue weighted by Gasteiger charge is -2.24. The molecule has 0 unspecified atom stereocenters. The van der Waals surface area contributed by atoms with Gasteiger partial charge in [0.05, 0.1) is 11.1 Å². The molecule has 146 valence electrons. The Labute approximate surface area is 166 Å². The largest absolute Gasteiger partial charge is 0.453 e. The van der Waals surface area contributed by atoms with Gasteiger partial charge in [-0.1, -0.05) is 24.3 Å². The van der Waals surface area contributed by atoms with E-state index in [2.05, 4.69) is 0 Å². The number of hydrogen-bond donors (Lipinski definition) is 1. The van der Waals surface area contributed by atoms with E-state index in [9.17, 15) is 9.59 Å². The van der Waals surface area contributed by atoms with Gasteiger partial charge in [-0.25, -0.2) is 4.79 Å². The Hall–Kier alpha value is -3.58. The molecule has 1 aromatic heterocycles. The molecule has 0 saturated heterocycles. The normalized spacial score (nSPS) is 12.4. The van der Waals surface area contributed by atoms with E-state index in [1.807, 2.05) is 55.4 Å². The first-order valence-electron chi connectivity index (χ1n) is 9.39. The standard InChI is InChI=1S/C22H20N4O3/c1-24(2)7-8-25-21(27)16-11-15(23)12-19-20(16)26(22(25)28)17-9-13-5-3-4-6-14(13)10-18(17)29-19/h3-6,9-12H,7-8,23H2,1-2H3. The number of nitrogens with zero attached hydrogens (tertiary/aromatic N) is 3. The highest BCUT2D eigenvalue weighted by Crippen LogP contribution is 2.41. The van der Waals surface area contributed by atoms with E-state index in [0.717, 1.165) is 10.8 Å². The third kappa shape index (κ3) is 2.62. The van der Waals surface area contributed by atoms with Gasteiger partial charge in [-0.3, -0.25) is 13.9 Å². The Morgan fingerprint density at radius 2 is 1.72 bits per heavy atom. The molecule has 0 radical (unpaired) electrons. The number of nitrogens with two attached hydrogens (primary N) is 1. The lowest BCUT2D eigenvalue weighted by Crippen LogP contribution is -2.42. The van der Waals surface area contributed by atoms with Crippen LogP contribution >= 0.6 is 0 Å². The Bertz CT molecular complexity index is 1420. The smallest absolute Gasteiger partial charge is 0.336 e. The minimum absolute atomic E-state index is 0.286. The molecule has 3 aromatic carbocycles. The van der Waals surface area contributed by atoms with Gasteiger partial charge >= 0.3 is 5.69 Å². The molecule has 0 atom stereocenters. The zero-order chi connectivity index (χ0) is 20.3. The van der Waals surface area contributed by atoms with Crippen molar-refractivity contribution >= 4 is 27.4 Å². The zero-order valence-corrected chi connectivity index (χ0v) is 16.2. The van der Waals surface area contributed by atoms with Crippen molar-refractivity contribution < 1.29 is 4.74 Å². The lowest BCUT2D eigenvalue weighted by molar-refractivity contribution is 0.375. The average Bonchev–Trinajstić information content (AvgIpc) is 2.68. The number of hydrogen-bond acceptors (Lipinski definition) is 5. The SMILES string of the molecule is CN(C)CCn1c(=O)c2cc(N)cc3c2n(c1=O)-c1cc2ccccc2cc1O3. The molecular weight excluding hydrogens is 368 g/mol. The number of fused-ring (bicyclic) bond motifs is 3. The Morgan fingerprint density at radius 3 is 2.45 bits per heavy atom. The first-order chi connectivity index (χ1) is 13.9. The summed E-state index contributed by atoms with van der Waals surface area (Å²) < 4.78 is 8.94. The van der Waals surface area contributed by atoms with E-state index >= 15 is 0 Å². The number of anilines is 1. The molecule has 2 heterocycles. The van der Waals surface area contributed by atoms with Crippen LogP contribution in [0.2, 0.25) is 0 Å². The van der Waals surface area contributed by atoms with E-state index in [-0.39, 0.29) is 17.8 Å². The summed E-state index contributed by atoms with van der Waals surface area (Å²) in [5.41, 5.74) is 6.80. The van der Waals surface area contributed by atoms with Gasteiger partial charge in [-0.15, -0.1) is 0 Å². The molecule has 0 spiro atoms. The van der Waals surface area contributed by atoms with E-state index in [1.54, 1.807) is 16.7 Å². The summed E-state index contributed by atoms with van der Waals surface area (Å²) in [6.45, 7) is 0.853. The third-order valence-corrected chi connectivity index (χ3v) is 5.28. The third-order valence-electron chi connectivity index (χ3n) is 5.28. The lowest BCUT2D eigenvalue weighted by atomic mass is 10.1. The minimum Gasteiger partial charge on any atom is -0.453 e. The molecular formula is C22H20N4O3. The van der Waals surface area contributed by atoms with Gasteiger partial charge in [0, 0.05) is 24.8 Å². The van der Waals surface area contributed by atoms with Crippen molar-refractivity contribution in [1.82, 2.24) is 14.0 Å². The number of rotatable bonds is 3. The van der Waals surface area contributed by atoms with Crippen molar-refractivity contribution in [2.24, 2.45) is 0 Å². The molecule has 2 N–H and O–H groups in total. The molecule has 0 bridgehead atoms. The van der Waals surface area contributed by atoms with Crippen molar-refractivity contribution in [2.75, 3.05) is 26.4 Å². The quantitative estimate of drug-likeness (QED) is 0.481. The van der Waals surface area contributed by atoms with Crippen molar-refractivity contribution in [3.05, 3.63) is 69.4 Å². The predicted octanol–water partition coefficient (Wildman–Crippen LogP) is 2.56. The summed E-state index contributed by atoms with van der Waals surface area (Å²) in [5.74, 6) is 0.972. The molecule has 0 amide bonds. The Morgan fingerprint density at radius 1 is 1.00 bits per heavy atom. The summed E-state index contributed by atoms with van der Waals surface area (Å²) in [6.07, 6.45) is 0. The number of benzene rings is 3. The van der Waals surface area contributed by atoms with E-state index < -0.39 is 0 Å². The van der Waals surface area contributed by atoms with Crippen LogP contribution in [0.3, 0.4) is 0 Å². The summed E-state index contributed by atoms with van der Waals surface area (Å²) >= 11 is 0. The van der Waals surface area contributed by atoms with Crippen LogP contribution in [0.25, 0.3) is 27.4 Å². The summed E-state index contributed by atoms with van der Waals surface area (Å²) in [6, 6.07) is 15.0. The van der Waals surface area contributed by atoms with Crippen molar-refractivity contribution in [3.63, 3.8) is 0 Å². The number of aromatic nitrogens is 2. The maximum absolute atomic E-state index is 13.4. The van der Waals surface area contributed by atoms with Crippen LogP contribution in [0.4, 0.5) is 5.69 Å². The molecule has 29 heavy (non-hydrogen) atoms. The molecule has 1 aliphatic heterocycles. The van der Waals surface area contributed by atoms with Crippen molar-refractivity contribution in [1.29, 1.82) is 0 Å². The highest BCUT2D eigenvalue weighted by Gasteiger charge is 2.25. The molecule has 1 aliphatic rings. The van der Waals surface area contributed by atoms with E-state index in [4.69, 9.17) is 10.5 Å². The van der Waals surface area contributed by atoms with Crippen molar-refractivity contribution in [2.45, 2.75) is 6.54 Å². The highest BCUT2D eigenvalue weighted by atomic mass is 16.5. The van der Waals surface area contributed by atoms with Crippen LogP contribution in [-0.4, -0.2) is 34.7 Å². The molecule has 7 nitrogen and oxygen atoms in total. The van der Waals surface area contributed by atoms with Crippen LogP contribution in [-0.2, 0) is 6.54 Å². The van der Waals surface area contributed by atoms with Crippen LogP contribution in [0.15, 0.2) is 58.1 Å². The van der Waals surface area contributed by atoms with Gasteiger partial charge in [-0.05, 0) is 43.1 Å². The van der Waals surface area contributed by atoms with E-state index in [0.29, 0.717) is 40.3 Å². The van der Waals surface area contributed by atoms with Gasteiger partial charge in [0.2, 0.25) is 0 Å². The maximum Gasteiger partial charge on any atom is 0.336 e. The number of likely N-dealkylation sites (N-methyl/N-ethyl adjacent to an activating group) is 1. The summed E-state index contributed by atoms with van der Waals surface area (Å²) in [4.78, 5) is 28.5. The highest BCUT2D eigenvalue weighted by molar-refractivity contribution is 5.94. The van der Waals surface area contributed by atoms with Gasteiger partial charge in [0.15, 0.2) is 11.5 Å². The van der Waals surface area contributed by atoms with Gasteiger partial charge in [-0.2, -0.15) is 0 Å². The van der Waals surface area contributed by atoms with Crippen LogP contribution in [0.5, 0.6) is 11.5 Å². The van der Waals surface area contributed by atoms with Crippen LogP contribution in [0, 0.1) is 0 Å². The molecule has 4 aromatic rings. The molecule has 5 rings (SSSR count). The zero-order valence-electron chi connectivity index (χ0n) is 16.2. The fourth-order valence-electron chi connectivity index (χ4n) is 3.85. The average molecular weight is 388 g/mol. The number of nitrogen functional groups attached to an aromatic ring is 1. The van der Waals surface area contributed by atoms with Crippen LogP contribution in [0.1, 0.15) is 0 Å². The molecule has 0 saturated carbocycles. The minimum atomic E-state index is -0.379. The maximum atomic E-state index is 13.4. The molecule has 0 fully saturated rings. The second-order valence-electron chi connectivity index (χ2n) is 7.56. The van der Waals surface area contributed by atoms with Crippen LogP contribution < -0.4 is 21.7 Å². The monoisotopic (exact) mass is 388 g/mol. The first kappa shape index (κ1) is 17.5. The predicted molar refractivity (Wildman–Crippen MR) is 114 cm³/mol. The van der Waals surface area contributed by atoms with Gasteiger partial charge < -0.3 is 15.4 Å². The summed E-state index contributed by atoms with van der Waals surface area (Å²) in [5, 5.41) is 2.36. The second-order valence-corrected chi connectivity index (χ2v) is 7.56. The topological polar surface area (TPSA) is 82.5 Å². The number of ether oxygens (including phenoxy) is 1. The second kappa shape index (κ2) is 6.22. The summed E-state index contributed by atoms with van der Waals surface area (Å²) in [7, 11) is 3.80. The molecule has 0 aliphatic carbocycles. The Balaban J connectivity index is 1.91. The fourth-order valence-corrected chi connectivity index (χ4v) is 3.85.